The molecular formula is C23H23N3O4. The normalized spacial score (nSPS) is 10.9. The fraction of sp³-hybridized carbons (Fsp3) is 0.174. The van der Waals surface area contributed by atoms with Gasteiger partial charge in [-0.15, -0.1) is 0 Å². The molecule has 7 nitrogen and oxygen atoms in total. The predicted molar refractivity (Wildman–Crippen MR) is 116 cm³/mol. The van der Waals surface area contributed by atoms with Gasteiger partial charge in [-0.1, -0.05) is 48.0 Å². The number of nitrogens with one attached hydrogen (secondary N) is 1. The number of carbonyl (C=O) groups is 2. The molecule has 3 rings (SSSR count). The van der Waals surface area contributed by atoms with Crippen molar-refractivity contribution in [2.24, 2.45) is 7.05 Å². The molecule has 0 saturated carbocycles. The highest BCUT2D eigenvalue weighted by atomic mass is 16.5. The molecule has 30 heavy (non-hydrogen) atoms. The van der Waals surface area contributed by atoms with Crippen molar-refractivity contribution in [3.8, 4) is 5.69 Å². The quantitative estimate of drug-likeness (QED) is 0.505. The van der Waals surface area contributed by atoms with Gasteiger partial charge in [0, 0.05) is 13.1 Å². The Morgan fingerprint density at radius 3 is 2.37 bits per heavy atom. The van der Waals surface area contributed by atoms with Gasteiger partial charge in [-0.25, -0.2) is 9.48 Å². The summed E-state index contributed by atoms with van der Waals surface area (Å²) in [5.74, 6) is -1.23. The van der Waals surface area contributed by atoms with Crippen molar-refractivity contribution in [3.63, 3.8) is 0 Å². The summed E-state index contributed by atoms with van der Waals surface area (Å²) in [4.78, 5) is 36.9. The molecular weight excluding hydrogens is 382 g/mol. The first-order valence-electron chi connectivity index (χ1n) is 9.42. The Morgan fingerprint density at radius 2 is 1.70 bits per heavy atom. The van der Waals surface area contributed by atoms with Crippen LogP contribution < -0.4 is 10.9 Å². The summed E-state index contributed by atoms with van der Waals surface area (Å²) in [5, 5.41) is 2.55. The Balaban J connectivity index is 1.63. The molecule has 0 aliphatic rings. The third kappa shape index (κ3) is 4.75. The van der Waals surface area contributed by atoms with Crippen LogP contribution in [0.5, 0.6) is 0 Å². The number of anilines is 1. The lowest BCUT2D eigenvalue weighted by Crippen LogP contribution is -2.25. The minimum absolute atomic E-state index is 0.151. The van der Waals surface area contributed by atoms with Crippen LogP contribution in [-0.4, -0.2) is 27.8 Å². The van der Waals surface area contributed by atoms with Crippen LogP contribution >= 0.6 is 0 Å². The summed E-state index contributed by atoms with van der Waals surface area (Å²) in [5.41, 5.74) is 3.03. The maximum atomic E-state index is 12.8. The van der Waals surface area contributed by atoms with Crippen molar-refractivity contribution >= 4 is 23.6 Å². The number of aryl methyl sites for hydroxylation is 1. The third-order valence-corrected chi connectivity index (χ3v) is 4.65. The second kappa shape index (κ2) is 9.09. The molecule has 0 bridgehead atoms. The summed E-state index contributed by atoms with van der Waals surface area (Å²) in [6.07, 6.45) is 2.87. The number of ether oxygens (including phenoxy) is 1. The van der Waals surface area contributed by atoms with E-state index in [2.05, 4.69) is 5.32 Å². The van der Waals surface area contributed by atoms with Crippen molar-refractivity contribution in [1.29, 1.82) is 0 Å². The molecule has 0 atom stereocenters. The zero-order chi connectivity index (χ0) is 21.7. The zero-order valence-electron chi connectivity index (χ0n) is 17.1. The number of esters is 1. The number of amides is 1. The summed E-state index contributed by atoms with van der Waals surface area (Å²) >= 11 is 0. The fourth-order valence-corrected chi connectivity index (χ4v) is 2.91. The molecule has 7 heteroatoms. The van der Waals surface area contributed by atoms with Crippen LogP contribution in [-0.2, 0) is 21.4 Å². The molecule has 1 N–H and O–H groups in total. The molecule has 0 saturated heterocycles. The fourth-order valence-electron chi connectivity index (χ4n) is 2.91. The minimum Gasteiger partial charge on any atom is -0.452 e. The second-order valence-corrected chi connectivity index (χ2v) is 6.84. The predicted octanol–water partition coefficient (Wildman–Crippen LogP) is 2.99. The van der Waals surface area contributed by atoms with Gasteiger partial charge in [0.2, 0.25) is 0 Å². The largest absolute Gasteiger partial charge is 0.452 e. The number of nitrogens with zero attached hydrogens (tertiary/aromatic N) is 2. The van der Waals surface area contributed by atoms with Crippen LogP contribution in [0, 0.1) is 13.8 Å². The van der Waals surface area contributed by atoms with E-state index in [1.807, 2.05) is 49.4 Å². The van der Waals surface area contributed by atoms with Crippen LogP contribution in [0.2, 0.25) is 0 Å². The summed E-state index contributed by atoms with van der Waals surface area (Å²) in [7, 11) is 1.73. The van der Waals surface area contributed by atoms with Gasteiger partial charge < -0.3 is 10.1 Å². The Hall–Kier alpha value is -3.87. The molecule has 0 radical (unpaired) electrons. The highest BCUT2D eigenvalue weighted by Crippen LogP contribution is 2.13. The van der Waals surface area contributed by atoms with Gasteiger partial charge in [0.1, 0.15) is 5.69 Å². The molecule has 1 amide bonds. The average molecular weight is 405 g/mol. The molecule has 3 aromatic rings. The standard InChI is InChI=1S/C23H23N3O4/c1-16-9-11-18(12-10-16)13-14-21(28)30-15-20(27)24-22-17(2)25(3)26(23(22)29)19-7-5-4-6-8-19/h4-14H,15H2,1-3H3,(H,24,27)/b14-13+. The lowest BCUT2D eigenvalue weighted by Gasteiger charge is -2.07. The van der Waals surface area contributed by atoms with E-state index < -0.39 is 18.5 Å². The Bertz CT molecular complexity index is 1140. The molecule has 0 aliphatic heterocycles. The van der Waals surface area contributed by atoms with Crippen molar-refractivity contribution in [3.05, 3.63) is 87.8 Å². The van der Waals surface area contributed by atoms with E-state index in [0.717, 1.165) is 11.1 Å². The maximum absolute atomic E-state index is 12.8. The number of benzene rings is 2. The smallest absolute Gasteiger partial charge is 0.331 e. The number of hydrogen-bond acceptors (Lipinski definition) is 4. The zero-order valence-corrected chi connectivity index (χ0v) is 17.1. The number of aromatic nitrogens is 2. The number of hydrogen-bond donors (Lipinski definition) is 1. The van der Waals surface area contributed by atoms with Gasteiger partial charge in [-0.05, 0) is 37.6 Å². The first kappa shape index (κ1) is 20.9. The van der Waals surface area contributed by atoms with E-state index in [-0.39, 0.29) is 11.2 Å². The monoisotopic (exact) mass is 405 g/mol. The number of rotatable bonds is 6. The molecule has 1 aromatic heterocycles. The van der Waals surface area contributed by atoms with Gasteiger partial charge in [-0.2, -0.15) is 0 Å². The lowest BCUT2D eigenvalue weighted by molar-refractivity contribution is -0.142. The van der Waals surface area contributed by atoms with E-state index in [9.17, 15) is 14.4 Å². The number of carbonyl (C=O) groups excluding carboxylic acids is 2. The van der Waals surface area contributed by atoms with E-state index in [1.54, 1.807) is 36.9 Å². The molecule has 154 valence electrons. The number of para-hydroxylation sites is 1. The molecule has 1 heterocycles. The van der Waals surface area contributed by atoms with E-state index >= 15 is 0 Å². The van der Waals surface area contributed by atoms with E-state index in [4.69, 9.17) is 4.74 Å². The van der Waals surface area contributed by atoms with Gasteiger partial charge in [0.25, 0.3) is 11.5 Å². The Labute approximate surface area is 174 Å². The first-order chi connectivity index (χ1) is 14.4. The van der Waals surface area contributed by atoms with Crippen molar-refractivity contribution in [1.82, 2.24) is 9.36 Å². The van der Waals surface area contributed by atoms with Crippen molar-refractivity contribution in [2.45, 2.75) is 13.8 Å². The first-order valence-corrected chi connectivity index (χ1v) is 9.42. The Morgan fingerprint density at radius 1 is 1.03 bits per heavy atom. The third-order valence-electron chi connectivity index (χ3n) is 4.65. The van der Waals surface area contributed by atoms with Crippen LogP contribution in [0.3, 0.4) is 0 Å². The molecule has 0 fully saturated rings. The second-order valence-electron chi connectivity index (χ2n) is 6.84. The Kier molecular flexibility index (Phi) is 6.32. The lowest BCUT2D eigenvalue weighted by atomic mass is 10.1. The summed E-state index contributed by atoms with van der Waals surface area (Å²) < 4.78 is 8.09. The van der Waals surface area contributed by atoms with Crippen LogP contribution in [0.4, 0.5) is 5.69 Å². The average Bonchev–Trinajstić information content (AvgIpc) is 2.95. The molecule has 0 unspecified atom stereocenters. The minimum atomic E-state index is -0.641. The highest BCUT2D eigenvalue weighted by molar-refractivity contribution is 5.95. The van der Waals surface area contributed by atoms with E-state index in [1.165, 1.54) is 10.8 Å². The van der Waals surface area contributed by atoms with Gasteiger partial charge >= 0.3 is 5.97 Å². The van der Waals surface area contributed by atoms with E-state index in [0.29, 0.717) is 11.4 Å². The van der Waals surface area contributed by atoms with Gasteiger partial charge in [-0.3, -0.25) is 14.3 Å². The highest BCUT2D eigenvalue weighted by Gasteiger charge is 2.18. The summed E-state index contributed by atoms with van der Waals surface area (Å²) in [6, 6.07) is 16.7. The van der Waals surface area contributed by atoms with Crippen LogP contribution in [0.25, 0.3) is 11.8 Å². The van der Waals surface area contributed by atoms with Crippen LogP contribution in [0.1, 0.15) is 16.8 Å². The van der Waals surface area contributed by atoms with Crippen LogP contribution in [0.15, 0.2) is 65.5 Å². The molecule has 0 spiro atoms. The van der Waals surface area contributed by atoms with Gasteiger partial charge in [0.05, 0.1) is 11.4 Å². The topological polar surface area (TPSA) is 82.3 Å². The molecule has 0 aliphatic carbocycles. The van der Waals surface area contributed by atoms with Gasteiger partial charge in [0.15, 0.2) is 6.61 Å². The SMILES string of the molecule is Cc1ccc(/C=C/C(=O)OCC(=O)Nc2c(C)n(C)n(-c3ccccc3)c2=O)cc1. The maximum Gasteiger partial charge on any atom is 0.331 e. The van der Waals surface area contributed by atoms with Crippen molar-refractivity contribution < 1.29 is 14.3 Å². The molecule has 2 aromatic carbocycles. The van der Waals surface area contributed by atoms with Crippen molar-refractivity contribution in [2.75, 3.05) is 11.9 Å². The summed E-state index contributed by atoms with van der Waals surface area (Å²) in [6.45, 7) is 3.21.